The average molecular weight is 261 g/mol. The number of halogens is 3. The highest BCUT2D eigenvalue weighted by Gasteiger charge is 2.19. The molecule has 0 radical (unpaired) electrons. The number of rotatable bonds is 2. The minimum Gasteiger partial charge on any atom is -0.314 e. The van der Waals surface area contributed by atoms with E-state index in [4.69, 9.17) is 11.6 Å². The molecule has 0 atom stereocenters. The fourth-order valence-electron chi connectivity index (χ4n) is 2.03. The van der Waals surface area contributed by atoms with Crippen LogP contribution >= 0.6 is 11.6 Å². The summed E-state index contributed by atoms with van der Waals surface area (Å²) in [5.41, 5.74) is 0.471. The Balaban J connectivity index is 2.24. The Morgan fingerprint density at radius 2 is 1.94 bits per heavy atom. The van der Waals surface area contributed by atoms with Gasteiger partial charge in [-0.2, -0.15) is 0 Å². The van der Waals surface area contributed by atoms with Crippen LogP contribution in [0.1, 0.15) is 11.1 Å². The van der Waals surface area contributed by atoms with Crippen molar-refractivity contribution in [2.24, 2.45) is 0 Å². The minimum absolute atomic E-state index is 0.00552. The van der Waals surface area contributed by atoms with Crippen molar-refractivity contribution in [1.29, 1.82) is 0 Å². The van der Waals surface area contributed by atoms with Crippen molar-refractivity contribution in [2.75, 3.05) is 26.2 Å². The van der Waals surface area contributed by atoms with Crippen LogP contribution in [0.2, 0.25) is 5.02 Å². The standard InChI is InChI=1S/C12H15ClF2N2/c1-8-6-10(13)12(15)9(11(8)14)7-17-4-2-16-3-5-17/h6,16H,2-5,7H2,1H3. The van der Waals surface area contributed by atoms with Crippen LogP contribution in [0.15, 0.2) is 6.07 Å². The Hall–Kier alpha value is -0.710. The molecule has 0 spiro atoms. The Morgan fingerprint density at radius 1 is 1.29 bits per heavy atom. The summed E-state index contributed by atoms with van der Waals surface area (Å²) in [6, 6.07) is 1.33. The molecule has 94 valence electrons. The highest BCUT2D eigenvalue weighted by Crippen LogP contribution is 2.25. The lowest BCUT2D eigenvalue weighted by Crippen LogP contribution is -2.43. The van der Waals surface area contributed by atoms with E-state index in [1.807, 2.05) is 4.90 Å². The number of benzene rings is 1. The molecule has 1 N–H and O–H groups in total. The van der Waals surface area contributed by atoms with E-state index in [0.717, 1.165) is 26.2 Å². The fourth-order valence-corrected chi connectivity index (χ4v) is 2.30. The summed E-state index contributed by atoms with van der Waals surface area (Å²) in [4.78, 5) is 2.02. The monoisotopic (exact) mass is 260 g/mol. The van der Waals surface area contributed by atoms with Gasteiger partial charge in [0.25, 0.3) is 0 Å². The van der Waals surface area contributed by atoms with Crippen molar-refractivity contribution in [1.82, 2.24) is 10.2 Å². The molecular formula is C12H15ClF2N2. The average Bonchev–Trinajstić information content (AvgIpc) is 2.33. The maximum atomic E-state index is 13.9. The molecular weight excluding hydrogens is 246 g/mol. The molecule has 2 rings (SSSR count). The highest BCUT2D eigenvalue weighted by molar-refractivity contribution is 6.30. The van der Waals surface area contributed by atoms with Crippen LogP contribution in [0.25, 0.3) is 0 Å². The van der Waals surface area contributed by atoms with E-state index in [2.05, 4.69) is 5.32 Å². The van der Waals surface area contributed by atoms with Gasteiger partial charge in [0.1, 0.15) is 11.6 Å². The molecule has 1 heterocycles. The van der Waals surface area contributed by atoms with Gasteiger partial charge >= 0.3 is 0 Å². The van der Waals surface area contributed by atoms with Crippen molar-refractivity contribution < 1.29 is 8.78 Å². The summed E-state index contributed by atoms with van der Waals surface area (Å²) in [5, 5.41) is 3.19. The smallest absolute Gasteiger partial charge is 0.149 e. The SMILES string of the molecule is Cc1cc(Cl)c(F)c(CN2CCNCC2)c1F. The third-order valence-electron chi connectivity index (χ3n) is 3.02. The Labute approximate surface area is 105 Å². The number of nitrogens with one attached hydrogen (secondary N) is 1. The molecule has 0 bridgehead atoms. The maximum absolute atomic E-state index is 13.9. The molecule has 1 aliphatic rings. The van der Waals surface area contributed by atoms with Crippen LogP contribution in [0, 0.1) is 18.6 Å². The predicted molar refractivity (Wildman–Crippen MR) is 64.3 cm³/mol. The first kappa shape index (κ1) is 12.7. The Morgan fingerprint density at radius 3 is 2.59 bits per heavy atom. The first-order valence-corrected chi connectivity index (χ1v) is 6.03. The van der Waals surface area contributed by atoms with E-state index in [9.17, 15) is 8.78 Å². The molecule has 0 amide bonds. The predicted octanol–water partition coefficient (Wildman–Crippen LogP) is 2.33. The zero-order valence-corrected chi connectivity index (χ0v) is 10.4. The minimum atomic E-state index is -0.631. The van der Waals surface area contributed by atoms with Gasteiger partial charge in [-0.05, 0) is 18.6 Å². The van der Waals surface area contributed by atoms with Gasteiger partial charge in [0.05, 0.1) is 5.02 Å². The third-order valence-corrected chi connectivity index (χ3v) is 3.30. The summed E-state index contributed by atoms with van der Waals surface area (Å²) in [6.45, 7) is 5.17. The summed E-state index contributed by atoms with van der Waals surface area (Å²) >= 11 is 5.74. The lowest BCUT2D eigenvalue weighted by Gasteiger charge is -2.27. The second-order valence-electron chi connectivity index (χ2n) is 4.31. The second-order valence-corrected chi connectivity index (χ2v) is 4.72. The summed E-state index contributed by atoms with van der Waals surface area (Å²) in [5.74, 6) is -1.11. The molecule has 0 unspecified atom stereocenters. The molecule has 1 aromatic rings. The van der Waals surface area contributed by atoms with Crippen LogP contribution in [-0.4, -0.2) is 31.1 Å². The van der Waals surface area contributed by atoms with E-state index >= 15 is 0 Å². The molecule has 0 saturated carbocycles. The van der Waals surface area contributed by atoms with Crippen LogP contribution < -0.4 is 5.32 Å². The van der Waals surface area contributed by atoms with E-state index < -0.39 is 11.6 Å². The van der Waals surface area contributed by atoms with Crippen molar-refractivity contribution in [3.8, 4) is 0 Å². The zero-order chi connectivity index (χ0) is 12.4. The van der Waals surface area contributed by atoms with Gasteiger partial charge in [0.2, 0.25) is 0 Å². The number of nitrogens with zero attached hydrogens (tertiary/aromatic N) is 1. The Bertz CT molecular complexity index is 391. The van der Waals surface area contributed by atoms with Crippen molar-refractivity contribution >= 4 is 11.6 Å². The Kier molecular flexibility index (Phi) is 3.97. The molecule has 1 aromatic carbocycles. The highest BCUT2D eigenvalue weighted by atomic mass is 35.5. The summed E-state index contributed by atoms with van der Waals surface area (Å²) < 4.78 is 27.6. The van der Waals surface area contributed by atoms with Crippen LogP contribution in [0.5, 0.6) is 0 Å². The molecule has 17 heavy (non-hydrogen) atoms. The maximum Gasteiger partial charge on any atom is 0.149 e. The molecule has 0 aliphatic carbocycles. The topological polar surface area (TPSA) is 15.3 Å². The van der Waals surface area contributed by atoms with Crippen molar-refractivity contribution in [3.05, 3.63) is 33.9 Å². The number of hydrogen-bond donors (Lipinski definition) is 1. The van der Waals surface area contributed by atoms with E-state index in [1.54, 1.807) is 6.92 Å². The van der Waals surface area contributed by atoms with Gasteiger partial charge in [-0.3, -0.25) is 4.90 Å². The number of piperazine rings is 1. The van der Waals surface area contributed by atoms with Gasteiger partial charge < -0.3 is 5.32 Å². The van der Waals surface area contributed by atoms with E-state index in [0.29, 0.717) is 5.56 Å². The largest absolute Gasteiger partial charge is 0.314 e. The zero-order valence-electron chi connectivity index (χ0n) is 9.69. The summed E-state index contributed by atoms with van der Waals surface area (Å²) in [7, 11) is 0. The molecule has 0 aromatic heterocycles. The molecule has 1 saturated heterocycles. The lowest BCUT2D eigenvalue weighted by molar-refractivity contribution is 0.227. The first-order chi connectivity index (χ1) is 8.09. The third kappa shape index (κ3) is 2.76. The lowest BCUT2D eigenvalue weighted by atomic mass is 10.1. The van der Waals surface area contributed by atoms with Gasteiger partial charge in [-0.1, -0.05) is 11.6 Å². The fraction of sp³-hybridized carbons (Fsp3) is 0.500. The van der Waals surface area contributed by atoms with Gasteiger partial charge in [-0.25, -0.2) is 8.78 Å². The summed E-state index contributed by atoms with van der Waals surface area (Å²) in [6.07, 6.45) is 0. The number of aryl methyl sites for hydroxylation is 1. The first-order valence-electron chi connectivity index (χ1n) is 5.65. The quantitative estimate of drug-likeness (QED) is 0.821. The van der Waals surface area contributed by atoms with Crippen LogP contribution in [0.4, 0.5) is 8.78 Å². The molecule has 1 fully saturated rings. The molecule has 5 heteroatoms. The van der Waals surface area contributed by atoms with Gasteiger partial charge in [0.15, 0.2) is 0 Å². The number of hydrogen-bond acceptors (Lipinski definition) is 2. The van der Waals surface area contributed by atoms with Crippen LogP contribution in [-0.2, 0) is 6.54 Å². The van der Waals surface area contributed by atoms with Crippen molar-refractivity contribution in [3.63, 3.8) is 0 Å². The van der Waals surface area contributed by atoms with Crippen molar-refractivity contribution in [2.45, 2.75) is 13.5 Å². The van der Waals surface area contributed by atoms with Gasteiger partial charge in [0, 0.05) is 38.3 Å². The van der Waals surface area contributed by atoms with E-state index in [1.165, 1.54) is 6.07 Å². The molecule has 2 nitrogen and oxygen atoms in total. The normalized spacial score (nSPS) is 17.4. The second kappa shape index (κ2) is 5.29. The van der Waals surface area contributed by atoms with Crippen LogP contribution in [0.3, 0.4) is 0 Å². The van der Waals surface area contributed by atoms with E-state index in [-0.39, 0.29) is 17.1 Å². The van der Waals surface area contributed by atoms with Gasteiger partial charge in [-0.15, -0.1) is 0 Å². The molecule has 1 aliphatic heterocycles.